The van der Waals surface area contributed by atoms with E-state index in [1.54, 1.807) is 0 Å². The largest absolute Gasteiger partial charge is 0.481 e. The lowest BCUT2D eigenvalue weighted by atomic mass is 10.0. The topological polar surface area (TPSA) is 37.3 Å². The number of carbonyl (C=O) groups is 1. The molecule has 186 valence electrons. The molecule has 0 aromatic heterocycles. The van der Waals surface area contributed by atoms with Gasteiger partial charge in [-0.1, -0.05) is 148 Å². The first kappa shape index (κ1) is 30.4. The third-order valence-corrected chi connectivity index (χ3v) is 6.52. The quantitative estimate of drug-likeness (QED) is 0.128. The molecule has 0 heterocycles. The molecular weight excluding hydrogens is 387 g/mol. The van der Waals surface area contributed by atoms with Gasteiger partial charge in [-0.25, -0.2) is 0 Å². The molecule has 0 fully saturated rings. The number of halogens is 1. The average Bonchev–Trinajstić information content (AvgIpc) is 2.76. The van der Waals surface area contributed by atoms with Crippen LogP contribution in [0.5, 0.6) is 0 Å². The highest BCUT2D eigenvalue weighted by Crippen LogP contribution is 2.15. The monoisotopic (exact) mass is 442 g/mol. The van der Waals surface area contributed by atoms with E-state index in [4.69, 9.17) is 5.11 Å². The summed E-state index contributed by atoms with van der Waals surface area (Å²) in [6, 6.07) is 0. The fourth-order valence-electron chi connectivity index (χ4n) is 4.44. The van der Waals surface area contributed by atoms with E-state index in [1.165, 1.54) is 135 Å². The maximum absolute atomic E-state index is 12.0. The molecule has 0 saturated heterocycles. The summed E-state index contributed by atoms with van der Waals surface area (Å²) in [4.78, 5) is 10.4. The van der Waals surface area contributed by atoms with Crippen LogP contribution >= 0.6 is 0 Å². The first-order chi connectivity index (χ1) is 15.3. The molecule has 0 aliphatic heterocycles. The molecule has 1 N–H and O–H groups in total. The summed E-state index contributed by atoms with van der Waals surface area (Å²) in [6.45, 7) is -0.137. The van der Waals surface area contributed by atoms with Gasteiger partial charge in [0.15, 0.2) is 0 Å². The Bertz CT molecular complexity index is 346. The molecule has 0 rings (SSSR count). The second-order valence-corrected chi connectivity index (χ2v) is 9.67. The summed E-state index contributed by atoms with van der Waals surface area (Å²) in [5.41, 5.74) is 0. The van der Waals surface area contributed by atoms with E-state index >= 15 is 0 Å². The predicted octanol–water partition coefficient (Wildman–Crippen LogP) is 10.2. The zero-order chi connectivity index (χ0) is 22.7. The number of carboxylic acid groups (broad SMARTS) is 1. The molecule has 31 heavy (non-hydrogen) atoms. The molecule has 0 atom stereocenters. The van der Waals surface area contributed by atoms with Crippen molar-refractivity contribution in [1.29, 1.82) is 0 Å². The summed E-state index contributed by atoms with van der Waals surface area (Å²) in [5.74, 6) is -0.656. The summed E-state index contributed by atoms with van der Waals surface area (Å²) >= 11 is 0. The van der Waals surface area contributed by atoms with Crippen LogP contribution in [0, 0.1) is 0 Å². The predicted molar refractivity (Wildman–Crippen MR) is 134 cm³/mol. The summed E-state index contributed by atoms with van der Waals surface area (Å²) < 4.78 is 12.0. The summed E-state index contributed by atoms with van der Waals surface area (Å²) in [6.07, 6.45) is 33.0. The van der Waals surface area contributed by atoms with Gasteiger partial charge in [-0.05, 0) is 12.8 Å². The van der Waals surface area contributed by atoms with Gasteiger partial charge in [0.25, 0.3) is 0 Å². The number of hydrogen-bond acceptors (Lipinski definition) is 1. The molecule has 0 unspecified atom stereocenters. The van der Waals surface area contributed by atoms with Crippen LogP contribution in [0.15, 0.2) is 0 Å². The Morgan fingerprint density at radius 1 is 0.387 bits per heavy atom. The number of alkyl halides is 1. The van der Waals surface area contributed by atoms with Crippen LogP contribution in [0.2, 0.25) is 0 Å². The molecule has 0 aromatic carbocycles. The van der Waals surface area contributed by atoms with Crippen molar-refractivity contribution < 1.29 is 14.3 Å². The number of aliphatic carboxylic acids is 1. The standard InChI is InChI=1S/C28H55FO2/c29-27-25-23-21-19-17-15-13-11-9-7-5-3-1-2-4-6-8-10-12-14-16-18-20-22-24-26-28(30)31/h1-27H2,(H,30,31). The first-order valence-electron chi connectivity index (χ1n) is 14.0. The van der Waals surface area contributed by atoms with Crippen LogP contribution in [0.4, 0.5) is 4.39 Å². The second-order valence-electron chi connectivity index (χ2n) is 9.67. The van der Waals surface area contributed by atoms with Crippen LogP contribution in [-0.2, 0) is 4.79 Å². The lowest BCUT2D eigenvalue weighted by Crippen LogP contribution is -1.93. The zero-order valence-corrected chi connectivity index (χ0v) is 20.8. The Balaban J connectivity index is 3.00. The van der Waals surface area contributed by atoms with Crippen LogP contribution < -0.4 is 0 Å². The van der Waals surface area contributed by atoms with Gasteiger partial charge in [-0.2, -0.15) is 0 Å². The van der Waals surface area contributed by atoms with Gasteiger partial charge in [0.2, 0.25) is 0 Å². The molecule has 0 aromatic rings. The van der Waals surface area contributed by atoms with Gasteiger partial charge in [0.05, 0.1) is 6.67 Å². The van der Waals surface area contributed by atoms with Gasteiger partial charge < -0.3 is 5.11 Å². The summed E-state index contributed by atoms with van der Waals surface area (Å²) in [7, 11) is 0. The normalized spacial score (nSPS) is 11.3. The van der Waals surface area contributed by atoms with Crippen molar-refractivity contribution in [3.63, 3.8) is 0 Å². The molecule has 0 bridgehead atoms. The van der Waals surface area contributed by atoms with Crippen molar-refractivity contribution in [2.75, 3.05) is 6.67 Å². The van der Waals surface area contributed by atoms with Crippen molar-refractivity contribution in [3.05, 3.63) is 0 Å². The van der Waals surface area contributed by atoms with Gasteiger partial charge in [-0.3, -0.25) is 9.18 Å². The van der Waals surface area contributed by atoms with Crippen molar-refractivity contribution in [1.82, 2.24) is 0 Å². The van der Waals surface area contributed by atoms with Crippen molar-refractivity contribution >= 4 is 5.97 Å². The number of carboxylic acids is 1. The van der Waals surface area contributed by atoms with Crippen molar-refractivity contribution in [3.8, 4) is 0 Å². The van der Waals surface area contributed by atoms with Gasteiger partial charge >= 0.3 is 5.97 Å². The van der Waals surface area contributed by atoms with E-state index in [1.807, 2.05) is 0 Å². The number of hydrogen-bond donors (Lipinski definition) is 1. The highest BCUT2D eigenvalue weighted by atomic mass is 19.1. The minimum atomic E-state index is -0.656. The minimum absolute atomic E-state index is 0.137. The SMILES string of the molecule is O=C(O)CCCCCCCCCCCCCCCCCCCCCCCCCCCF. The number of unbranched alkanes of at least 4 members (excludes halogenated alkanes) is 24. The summed E-state index contributed by atoms with van der Waals surface area (Å²) in [5, 5.41) is 8.59. The molecule has 3 heteroatoms. The molecule has 0 radical (unpaired) electrons. The Morgan fingerprint density at radius 2 is 0.581 bits per heavy atom. The molecule has 0 aliphatic rings. The lowest BCUT2D eigenvalue weighted by Gasteiger charge is -2.04. The fraction of sp³-hybridized carbons (Fsp3) is 0.964. The average molecular weight is 443 g/mol. The van der Waals surface area contributed by atoms with E-state index in [9.17, 15) is 9.18 Å². The van der Waals surface area contributed by atoms with E-state index in [0.717, 1.165) is 25.7 Å². The van der Waals surface area contributed by atoms with Crippen molar-refractivity contribution in [2.24, 2.45) is 0 Å². The zero-order valence-electron chi connectivity index (χ0n) is 20.8. The molecule has 0 aliphatic carbocycles. The molecular formula is C28H55FO2. The van der Waals surface area contributed by atoms with Crippen LogP contribution in [0.25, 0.3) is 0 Å². The Kier molecular flexibility index (Phi) is 26.9. The molecule has 2 nitrogen and oxygen atoms in total. The van der Waals surface area contributed by atoms with E-state index < -0.39 is 5.97 Å². The number of rotatable bonds is 27. The van der Waals surface area contributed by atoms with E-state index in [-0.39, 0.29) is 6.67 Å². The third kappa shape index (κ3) is 29.4. The van der Waals surface area contributed by atoms with Gasteiger partial charge in [0.1, 0.15) is 0 Å². The minimum Gasteiger partial charge on any atom is -0.481 e. The second kappa shape index (κ2) is 27.4. The van der Waals surface area contributed by atoms with Crippen molar-refractivity contribution in [2.45, 2.75) is 167 Å². The van der Waals surface area contributed by atoms with E-state index in [0.29, 0.717) is 6.42 Å². The lowest BCUT2D eigenvalue weighted by molar-refractivity contribution is -0.137. The van der Waals surface area contributed by atoms with E-state index in [2.05, 4.69) is 0 Å². The van der Waals surface area contributed by atoms with Gasteiger partial charge in [0, 0.05) is 6.42 Å². The highest BCUT2D eigenvalue weighted by Gasteiger charge is 1.98. The van der Waals surface area contributed by atoms with Crippen LogP contribution in [0.3, 0.4) is 0 Å². The first-order valence-corrected chi connectivity index (χ1v) is 14.0. The Morgan fingerprint density at radius 3 is 0.774 bits per heavy atom. The Labute approximate surface area is 194 Å². The molecule has 0 spiro atoms. The fourth-order valence-corrected chi connectivity index (χ4v) is 4.44. The maximum Gasteiger partial charge on any atom is 0.303 e. The van der Waals surface area contributed by atoms with Crippen LogP contribution in [0.1, 0.15) is 167 Å². The van der Waals surface area contributed by atoms with Crippen LogP contribution in [-0.4, -0.2) is 17.8 Å². The van der Waals surface area contributed by atoms with Gasteiger partial charge in [-0.15, -0.1) is 0 Å². The third-order valence-electron chi connectivity index (χ3n) is 6.52. The smallest absolute Gasteiger partial charge is 0.303 e. The maximum atomic E-state index is 12.0. The highest BCUT2D eigenvalue weighted by molar-refractivity contribution is 5.66. The molecule has 0 amide bonds. The molecule has 0 saturated carbocycles. The Hall–Kier alpha value is -0.600.